The molecule has 1 atom stereocenters. The van der Waals surface area contributed by atoms with E-state index in [1.54, 1.807) is 12.1 Å². The minimum Gasteiger partial charge on any atom is -0.459 e. The highest BCUT2D eigenvalue weighted by Crippen LogP contribution is 2.31. The average Bonchev–Trinajstić information content (AvgIpc) is 3.54. The van der Waals surface area contributed by atoms with Crippen LogP contribution < -0.4 is 15.5 Å². The molecule has 1 aromatic carbocycles. The third kappa shape index (κ3) is 4.61. The lowest BCUT2D eigenvalue weighted by molar-refractivity contribution is -0.131. The van der Waals surface area contributed by atoms with Gasteiger partial charge < -0.3 is 24.4 Å². The molecule has 0 bridgehead atoms. The molecular weight excluding hydrogens is 448 g/mol. The van der Waals surface area contributed by atoms with Crippen molar-refractivity contribution >= 4 is 17.7 Å². The van der Waals surface area contributed by atoms with Crippen molar-refractivity contribution in [3.05, 3.63) is 59.5 Å². The van der Waals surface area contributed by atoms with Crippen LogP contribution in [0.4, 0.5) is 14.7 Å². The Hall–Kier alpha value is -4.20. The van der Waals surface area contributed by atoms with Gasteiger partial charge in [-0.25, -0.2) is 8.78 Å². The number of hydrogen-bond acceptors (Lipinski definition) is 7. The van der Waals surface area contributed by atoms with E-state index in [0.29, 0.717) is 37.6 Å². The maximum absolute atomic E-state index is 13.7. The lowest BCUT2D eigenvalue weighted by Gasteiger charge is -2.31. The fourth-order valence-corrected chi connectivity index (χ4v) is 3.85. The van der Waals surface area contributed by atoms with E-state index in [4.69, 9.17) is 8.83 Å². The van der Waals surface area contributed by atoms with E-state index in [9.17, 15) is 23.6 Å². The van der Waals surface area contributed by atoms with E-state index in [2.05, 4.69) is 15.6 Å². The zero-order valence-corrected chi connectivity index (χ0v) is 18.2. The molecule has 2 N–H and O–H groups in total. The summed E-state index contributed by atoms with van der Waals surface area (Å²) >= 11 is 0. The van der Waals surface area contributed by atoms with Crippen LogP contribution in [0.2, 0.25) is 0 Å². The predicted molar refractivity (Wildman–Crippen MR) is 115 cm³/mol. The monoisotopic (exact) mass is 469 g/mol. The topological polar surface area (TPSA) is 124 Å². The zero-order valence-electron chi connectivity index (χ0n) is 18.2. The van der Waals surface area contributed by atoms with Crippen molar-refractivity contribution in [2.45, 2.75) is 18.9 Å². The summed E-state index contributed by atoms with van der Waals surface area (Å²) in [5.41, 5.74) is 0.252. The summed E-state index contributed by atoms with van der Waals surface area (Å²) in [6.45, 7) is 0.824. The first-order valence-corrected chi connectivity index (χ1v) is 10.6. The molecule has 1 saturated heterocycles. The molecule has 34 heavy (non-hydrogen) atoms. The van der Waals surface area contributed by atoms with Crippen molar-refractivity contribution in [2.75, 3.05) is 25.0 Å². The van der Waals surface area contributed by atoms with Crippen LogP contribution in [0.1, 0.15) is 30.1 Å². The standard InChI is InChI=1S/C23H21F2N5O4/c1-27-21(32)19(14-4-5-15(24)16(25)11-14)29-20(31)13-6-8-30(9-7-13)23-17(12-26)28-22(34-23)18-3-2-10-33-18/h2-5,10-11,13,19H,6-9H2,1H3,(H,27,32)(H,29,31). The van der Waals surface area contributed by atoms with Crippen molar-refractivity contribution in [1.29, 1.82) is 5.26 Å². The number of aromatic nitrogens is 1. The molecule has 3 heterocycles. The molecule has 11 heteroatoms. The van der Waals surface area contributed by atoms with Crippen molar-refractivity contribution in [2.24, 2.45) is 5.92 Å². The molecule has 2 amide bonds. The Balaban J connectivity index is 1.43. The van der Waals surface area contributed by atoms with Gasteiger partial charge >= 0.3 is 0 Å². The highest BCUT2D eigenvalue weighted by atomic mass is 19.2. The quantitative estimate of drug-likeness (QED) is 0.569. The normalized spacial score (nSPS) is 14.9. The molecule has 176 valence electrons. The second-order valence-corrected chi connectivity index (χ2v) is 7.75. The van der Waals surface area contributed by atoms with E-state index >= 15 is 0 Å². The van der Waals surface area contributed by atoms with E-state index in [0.717, 1.165) is 12.1 Å². The summed E-state index contributed by atoms with van der Waals surface area (Å²) in [4.78, 5) is 31.2. The average molecular weight is 469 g/mol. The molecule has 0 aliphatic carbocycles. The van der Waals surface area contributed by atoms with Crippen LogP contribution in [-0.2, 0) is 9.59 Å². The number of carbonyl (C=O) groups excluding carboxylic acids is 2. The number of carbonyl (C=O) groups is 2. The van der Waals surface area contributed by atoms with Gasteiger partial charge in [0.2, 0.25) is 23.4 Å². The molecule has 3 aromatic rings. The fraction of sp³-hybridized carbons (Fsp3) is 0.304. The van der Waals surface area contributed by atoms with Gasteiger partial charge in [-0.05, 0) is 42.7 Å². The van der Waals surface area contributed by atoms with E-state index in [1.807, 2.05) is 11.0 Å². The molecule has 4 rings (SSSR count). The highest BCUT2D eigenvalue weighted by Gasteiger charge is 2.32. The Kier molecular flexibility index (Phi) is 6.58. The van der Waals surface area contributed by atoms with Crippen LogP contribution in [0, 0.1) is 28.9 Å². The number of anilines is 1. The summed E-state index contributed by atoms with van der Waals surface area (Å²) < 4.78 is 38.0. The predicted octanol–water partition coefficient (Wildman–Crippen LogP) is 2.90. The summed E-state index contributed by atoms with van der Waals surface area (Å²) in [6, 6.07) is 7.25. The summed E-state index contributed by atoms with van der Waals surface area (Å²) in [7, 11) is 1.39. The molecule has 0 spiro atoms. The third-order valence-electron chi connectivity index (χ3n) is 5.67. The third-order valence-corrected chi connectivity index (χ3v) is 5.67. The second kappa shape index (κ2) is 9.74. The smallest absolute Gasteiger partial charge is 0.266 e. The minimum absolute atomic E-state index is 0.118. The zero-order chi connectivity index (χ0) is 24.2. The van der Waals surface area contributed by atoms with Crippen molar-refractivity contribution in [3.8, 4) is 17.7 Å². The molecule has 9 nitrogen and oxygen atoms in total. The Bertz CT molecular complexity index is 1230. The maximum Gasteiger partial charge on any atom is 0.266 e. The Morgan fingerprint density at radius 1 is 1.24 bits per heavy atom. The number of hydrogen-bond donors (Lipinski definition) is 2. The number of rotatable bonds is 6. The summed E-state index contributed by atoms with van der Waals surface area (Å²) in [6.07, 6.45) is 2.32. The number of nitriles is 1. The Labute approximate surface area is 193 Å². The first-order valence-electron chi connectivity index (χ1n) is 10.6. The fourth-order valence-electron chi connectivity index (χ4n) is 3.85. The first-order chi connectivity index (χ1) is 16.4. The number of oxazole rings is 1. The molecule has 1 fully saturated rings. The van der Waals surface area contributed by atoms with Crippen molar-refractivity contribution in [3.63, 3.8) is 0 Å². The van der Waals surface area contributed by atoms with Crippen LogP contribution in [0.25, 0.3) is 11.7 Å². The number of benzene rings is 1. The van der Waals surface area contributed by atoms with Gasteiger partial charge in [-0.2, -0.15) is 10.2 Å². The number of halogens is 2. The Morgan fingerprint density at radius 2 is 2.00 bits per heavy atom. The van der Waals surface area contributed by atoms with Gasteiger partial charge in [0, 0.05) is 26.1 Å². The van der Waals surface area contributed by atoms with Crippen LogP contribution in [-0.4, -0.2) is 36.9 Å². The van der Waals surface area contributed by atoms with E-state index in [-0.39, 0.29) is 23.1 Å². The van der Waals surface area contributed by atoms with Gasteiger partial charge in [-0.15, -0.1) is 0 Å². The van der Waals surface area contributed by atoms with Crippen LogP contribution in [0.3, 0.4) is 0 Å². The molecule has 2 aromatic heterocycles. The number of nitrogens with zero attached hydrogens (tertiary/aromatic N) is 3. The molecular formula is C23H21F2N5O4. The van der Waals surface area contributed by atoms with Gasteiger partial charge in [-0.3, -0.25) is 9.59 Å². The highest BCUT2D eigenvalue weighted by molar-refractivity contribution is 5.89. The van der Waals surface area contributed by atoms with Crippen LogP contribution >= 0.6 is 0 Å². The minimum atomic E-state index is -1.17. The van der Waals surface area contributed by atoms with Gasteiger partial charge in [0.15, 0.2) is 17.4 Å². The van der Waals surface area contributed by atoms with Gasteiger partial charge in [0.25, 0.3) is 5.89 Å². The summed E-state index contributed by atoms with van der Waals surface area (Å²) in [5, 5.41) is 14.5. The first kappa shape index (κ1) is 23.0. The van der Waals surface area contributed by atoms with Gasteiger partial charge in [0.05, 0.1) is 6.26 Å². The van der Waals surface area contributed by atoms with Crippen molar-refractivity contribution < 1.29 is 27.2 Å². The second-order valence-electron chi connectivity index (χ2n) is 7.75. The van der Waals surface area contributed by atoms with Crippen molar-refractivity contribution in [1.82, 2.24) is 15.6 Å². The molecule has 1 aliphatic rings. The molecule has 0 saturated carbocycles. The number of nitrogens with one attached hydrogen (secondary N) is 2. The molecule has 1 unspecified atom stereocenters. The summed E-state index contributed by atoms with van der Waals surface area (Å²) in [5.74, 6) is -2.62. The maximum atomic E-state index is 13.7. The number of likely N-dealkylation sites (N-methyl/N-ethyl adjacent to an activating group) is 1. The lowest BCUT2D eigenvalue weighted by Crippen LogP contribution is -2.45. The number of amides is 2. The SMILES string of the molecule is CNC(=O)C(NC(=O)C1CCN(c2oc(-c3ccco3)nc2C#N)CC1)c1ccc(F)c(F)c1. The van der Waals surface area contributed by atoms with Crippen LogP contribution in [0.5, 0.6) is 0 Å². The largest absolute Gasteiger partial charge is 0.459 e. The van der Waals surface area contributed by atoms with E-state index < -0.39 is 29.5 Å². The lowest BCUT2D eigenvalue weighted by atomic mass is 9.95. The van der Waals surface area contributed by atoms with Gasteiger partial charge in [0.1, 0.15) is 12.1 Å². The van der Waals surface area contributed by atoms with E-state index in [1.165, 1.54) is 19.4 Å². The number of piperidine rings is 1. The Morgan fingerprint density at radius 3 is 2.62 bits per heavy atom. The molecule has 1 aliphatic heterocycles. The van der Waals surface area contributed by atoms with Gasteiger partial charge in [-0.1, -0.05) is 6.07 Å². The molecule has 0 radical (unpaired) electrons. The number of furan rings is 1. The van der Waals surface area contributed by atoms with Crippen LogP contribution in [0.15, 0.2) is 45.4 Å².